The number of hydrogen-bond donors (Lipinski definition) is 2. The van der Waals surface area contributed by atoms with Gasteiger partial charge in [0.25, 0.3) is 0 Å². The van der Waals surface area contributed by atoms with E-state index >= 15 is 0 Å². The number of nitrogens with two attached hydrogens (primary N) is 1. The van der Waals surface area contributed by atoms with Crippen molar-refractivity contribution in [1.82, 2.24) is 5.43 Å². The molecule has 0 aliphatic heterocycles. The lowest BCUT2D eigenvalue weighted by Crippen LogP contribution is -2.28. The molecule has 18 heavy (non-hydrogen) atoms. The normalized spacial score (nSPS) is 13.3. The van der Waals surface area contributed by atoms with Crippen LogP contribution in [0.4, 0.5) is 0 Å². The van der Waals surface area contributed by atoms with Gasteiger partial charge in [-0.2, -0.15) is 0 Å². The zero-order valence-electron chi connectivity index (χ0n) is 10.7. The molecule has 5 nitrogen and oxygen atoms in total. The van der Waals surface area contributed by atoms with E-state index in [1.54, 1.807) is 7.11 Å². The van der Waals surface area contributed by atoms with Crippen LogP contribution in [0.15, 0.2) is 24.3 Å². The molecule has 1 aromatic rings. The van der Waals surface area contributed by atoms with Crippen LogP contribution >= 0.6 is 0 Å². The lowest BCUT2D eigenvalue weighted by Gasteiger charge is -2.16. The van der Waals surface area contributed by atoms with Gasteiger partial charge in [0, 0.05) is 18.1 Å². The molecule has 1 rings (SSSR count). The molecule has 0 saturated carbocycles. The monoisotopic (exact) mass is 272 g/mol. The summed E-state index contributed by atoms with van der Waals surface area (Å²) in [5.74, 6) is 6.46. The fraction of sp³-hybridized carbons (Fsp3) is 0.500. The van der Waals surface area contributed by atoms with Crippen LogP contribution in [0, 0.1) is 0 Å². The molecule has 0 saturated heterocycles. The summed E-state index contributed by atoms with van der Waals surface area (Å²) in [5, 5.41) is 0. The number of benzene rings is 1. The average molecular weight is 272 g/mol. The van der Waals surface area contributed by atoms with E-state index in [4.69, 9.17) is 10.6 Å². The molecule has 1 aromatic carbocycles. The number of nitrogens with one attached hydrogen (secondary N) is 1. The Morgan fingerprint density at radius 3 is 2.39 bits per heavy atom. The standard InChI is InChI=1S/C12H20N2O3S/c1-17-11-7-5-10(6-8-11)12(14-13)4-3-9-18(2,15)16/h5-8,12,14H,3-4,9,13H2,1-2H3. The highest BCUT2D eigenvalue weighted by Crippen LogP contribution is 2.20. The topological polar surface area (TPSA) is 81.4 Å². The molecule has 0 aliphatic carbocycles. The van der Waals surface area contributed by atoms with Crippen LogP contribution in [0.2, 0.25) is 0 Å². The van der Waals surface area contributed by atoms with Gasteiger partial charge in [-0.1, -0.05) is 12.1 Å². The van der Waals surface area contributed by atoms with Crippen molar-refractivity contribution in [2.24, 2.45) is 5.84 Å². The second kappa shape index (κ2) is 6.72. The zero-order valence-corrected chi connectivity index (χ0v) is 11.5. The molecule has 0 aliphatic rings. The van der Waals surface area contributed by atoms with Crippen molar-refractivity contribution in [3.63, 3.8) is 0 Å². The van der Waals surface area contributed by atoms with Gasteiger partial charge in [-0.15, -0.1) is 0 Å². The van der Waals surface area contributed by atoms with Crippen LogP contribution in [0.5, 0.6) is 5.75 Å². The summed E-state index contributed by atoms with van der Waals surface area (Å²) >= 11 is 0. The number of ether oxygens (including phenoxy) is 1. The third-order valence-corrected chi connectivity index (χ3v) is 3.76. The van der Waals surface area contributed by atoms with E-state index in [1.165, 1.54) is 6.26 Å². The van der Waals surface area contributed by atoms with Crippen molar-refractivity contribution in [2.75, 3.05) is 19.1 Å². The molecular formula is C12H20N2O3S. The minimum atomic E-state index is -2.91. The molecule has 0 bridgehead atoms. The Hall–Kier alpha value is -1.11. The van der Waals surface area contributed by atoms with Gasteiger partial charge in [-0.3, -0.25) is 11.3 Å². The Morgan fingerprint density at radius 2 is 1.94 bits per heavy atom. The number of rotatable bonds is 7. The molecule has 0 spiro atoms. The molecule has 0 amide bonds. The first-order chi connectivity index (χ1) is 8.46. The van der Waals surface area contributed by atoms with Gasteiger partial charge in [-0.05, 0) is 30.5 Å². The van der Waals surface area contributed by atoms with E-state index in [0.29, 0.717) is 12.8 Å². The minimum Gasteiger partial charge on any atom is -0.497 e. The first-order valence-corrected chi connectivity index (χ1v) is 7.80. The maximum atomic E-state index is 11.1. The van der Waals surface area contributed by atoms with Crippen molar-refractivity contribution in [2.45, 2.75) is 18.9 Å². The summed E-state index contributed by atoms with van der Waals surface area (Å²) in [6, 6.07) is 7.51. The summed E-state index contributed by atoms with van der Waals surface area (Å²) in [6.45, 7) is 0. The molecule has 0 radical (unpaired) electrons. The molecule has 6 heteroatoms. The number of hydrogen-bond acceptors (Lipinski definition) is 5. The Kier molecular flexibility index (Phi) is 5.58. The Morgan fingerprint density at radius 1 is 1.33 bits per heavy atom. The van der Waals surface area contributed by atoms with Gasteiger partial charge >= 0.3 is 0 Å². The van der Waals surface area contributed by atoms with Gasteiger partial charge in [0.05, 0.1) is 7.11 Å². The van der Waals surface area contributed by atoms with Gasteiger partial charge in [0.15, 0.2) is 0 Å². The summed E-state index contributed by atoms with van der Waals surface area (Å²) in [5.41, 5.74) is 3.73. The predicted molar refractivity (Wildman–Crippen MR) is 72.0 cm³/mol. The van der Waals surface area contributed by atoms with E-state index in [1.807, 2.05) is 24.3 Å². The number of sulfone groups is 1. The van der Waals surface area contributed by atoms with E-state index in [9.17, 15) is 8.42 Å². The van der Waals surface area contributed by atoms with E-state index in [0.717, 1.165) is 11.3 Å². The maximum absolute atomic E-state index is 11.1. The van der Waals surface area contributed by atoms with Crippen LogP contribution in [0.3, 0.4) is 0 Å². The van der Waals surface area contributed by atoms with E-state index in [-0.39, 0.29) is 11.8 Å². The highest BCUT2D eigenvalue weighted by molar-refractivity contribution is 7.90. The summed E-state index contributed by atoms with van der Waals surface area (Å²) in [7, 11) is -1.30. The van der Waals surface area contributed by atoms with Crippen LogP contribution in [0.25, 0.3) is 0 Å². The average Bonchev–Trinajstić information content (AvgIpc) is 2.34. The van der Waals surface area contributed by atoms with Crippen molar-refractivity contribution >= 4 is 9.84 Å². The summed E-state index contributed by atoms with van der Waals surface area (Å²) in [6.07, 6.45) is 2.50. The first-order valence-electron chi connectivity index (χ1n) is 5.74. The molecule has 0 aromatic heterocycles. The molecule has 3 N–H and O–H groups in total. The molecule has 1 unspecified atom stereocenters. The van der Waals surface area contributed by atoms with E-state index in [2.05, 4.69) is 5.43 Å². The van der Waals surface area contributed by atoms with Crippen molar-refractivity contribution in [1.29, 1.82) is 0 Å². The lowest BCUT2D eigenvalue weighted by molar-refractivity contribution is 0.414. The van der Waals surface area contributed by atoms with Crippen molar-refractivity contribution in [3.8, 4) is 5.75 Å². The van der Waals surface area contributed by atoms with Gasteiger partial charge in [0.2, 0.25) is 0 Å². The highest BCUT2D eigenvalue weighted by atomic mass is 32.2. The molecular weight excluding hydrogens is 252 g/mol. The zero-order chi connectivity index (χ0) is 13.6. The quantitative estimate of drug-likeness (QED) is 0.572. The minimum absolute atomic E-state index is 0.0438. The first kappa shape index (κ1) is 14.9. The molecule has 0 fully saturated rings. The largest absolute Gasteiger partial charge is 0.497 e. The fourth-order valence-corrected chi connectivity index (χ4v) is 2.42. The number of methoxy groups -OCH3 is 1. The smallest absolute Gasteiger partial charge is 0.147 e. The maximum Gasteiger partial charge on any atom is 0.147 e. The van der Waals surface area contributed by atoms with Crippen molar-refractivity contribution in [3.05, 3.63) is 29.8 Å². The second-order valence-electron chi connectivity index (χ2n) is 4.26. The summed E-state index contributed by atoms with van der Waals surface area (Å²) in [4.78, 5) is 0. The predicted octanol–water partition coefficient (Wildman–Crippen LogP) is 1.02. The van der Waals surface area contributed by atoms with Gasteiger partial charge in [-0.25, -0.2) is 8.42 Å². The molecule has 102 valence electrons. The van der Waals surface area contributed by atoms with Crippen molar-refractivity contribution < 1.29 is 13.2 Å². The Labute approximate surface area is 108 Å². The Bertz CT molecular complexity index is 457. The molecule has 1 atom stereocenters. The van der Waals surface area contributed by atoms with Gasteiger partial charge < -0.3 is 4.74 Å². The lowest BCUT2D eigenvalue weighted by atomic mass is 10.0. The van der Waals surface area contributed by atoms with Crippen LogP contribution in [0.1, 0.15) is 24.4 Å². The second-order valence-corrected chi connectivity index (χ2v) is 6.52. The third-order valence-electron chi connectivity index (χ3n) is 2.73. The van der Waals surface area contributed by atoms with E-state index < -0.39 is 9.84 Å². The van der Waals surface area contributed by atoms with Crippen LogP contribution in [-0.2, 0) is 9.84 Å². The van der Waals surface area contributed by atoms with Crippen LogP contribution < -0.4 is 16.0 Å². The third kappa shape index (κ3) is 5.03. The molecule has 0 heterocycles. The highest BCUT2D eigenvalue weighted by Gasteiger charge is 2.11. The van der Waals surface area contributed by atoms with Gasteiger partial charge in [0.1, 0.15) is 15.6 Å². The Balaban J connectivity index is 2.59. The number of hydrazine groups is 1. The summed E-state index contributed by atoms with van der Waals surface area (Å²) < 4.78 is 27.2. The fourth-order valence-electron chi connectivity index (χ4n) is 1.73. The SMILES string of the molecule is COc1ccc(C(CCCS(C)(=O)=O)NN)cc1. The van der Waals surface area contributed by atoms with Crippen LogP contribution in [-0.4, -0.2) is 27.5 Å².